The van der Waals surface area contributed by atoms with E-state index in [4.69, 9.17) is 0 Å². The van der Waals surface area contributed by atoms with E-state index in [2.05, 4.69) is 0 Å². The molecule has 24 heavy (non-hydrogen) atoms. The molecule has 0 bridgehead atoms. The second kappa shape index (κ2) is 6.44. The molecule has 1 N–H and O–H groups in total. The van der Waals surface area contributed by atoms with Crippen molar-refractivity contribution in [3.63, 3.8) is 0 Å². The van der Waals surface area contributed by atoms with Gasteiger partial charge < -0.3 is 0 Å². The molecule has 0 atom stereocenters. The van der Waals surface area contributed by atoms with E-state index in [0.29, 0.717) is 18.2 Å². The summed E-state index contributed by atoms with van der Waals surface area (Å²) in [5, 5.41) is 0. The molecule has 0 amide bonds. The van der Waals surface area contributed by atoms with Gasteiger partial charge in [-0.15, -0.1) is 0 Å². The van der Waals surface area contributed by atoms with Crippen LogP contribution in [-0.2, 0) is 22.7 Å². The maximum absolute atomic E-state index is 13.5. The lowest BCUT2D eigenvalue weighted by Gasteiger charge is -2.11. The van der Waals surface area contributed by atoms with Gasteiger partial charge in [0.05, 0.1) is 5.56 Å². The van der Waals surface area contributed by atoms with Gasteiger partial charge in [-0.2, -0.15) is 13.2 Å². The van der Waals surface area contributed by atoms with Crippen LogP contribution in [0.2, 0.25) is 0 Å². The molecule has 0 aliphatic rings. The lowest BCUT2D eigenvalue weighted by molar-refractivity contribution is -0.137. The van der Waals surface area contributed by atoms with Crippen molar-refractivity contribution in [2.75, 3.05) is 0 Å². The summed E-state index contributed by atoms with van der Waals surface area (Å²) in [6.07, 6.45) is -4.61. The van der Waals surface area contributed by atoms with Crippen molar-refractivity contribution in [2.45, 2.75) is 17.6 Å². The van der Waals surface area contributed by atoms with Gasteiger partial charge in [-0.3, -0.25) is 0 Å². The summed E-state index contributed by atoms with van der Waals surface area (Å²) in [6, 6.07) is 4.75. The van der Waals surface area contributed by atoms with Gasteiger partial charge in [0.25, 0.3) is 0 Å². The fourth-order valence-corrected chi connectivity index (χ4v) is 2.91. The van der Waals surface area contributed by atoms with Gasteiger partial charge in [-0.1, -0.05) is 18.2 Å². The summed E-state index contributed by atoms with van der Waals surface area (Å²) in [7, 11) is -4.59. The Labute approximate surface area is 133 Å². The van der Waals surface area contributed by atoms with E-state index in [9.17, 15) is 34.8 Å². The molecule has 10 heteroatoms. The minimum atomic E-state index is -4.61. The van der Waals surface area contributed by atoms with Crippen LogP contribution in [0.4, 0.5) is 26.3 Å². The van der Waals surface area contributed by atoms with Crippen molar-refractivity contribution in [1.29, 1.82) is 0 Å². The normalized spacial score (nSPS) is 12.4. The quantitative estimate of drug-likeness (QED) is 0.661. The summed E-state index contributed by atoms with van der Waals surface area (Å²) >= 11 is 0. The molecular weight excluding hydrogens is 360 g/mol. The fourth-order valence-electron chi connectivity index (χ4n) is 1.83. The Morgan fingerprint density at radius 3 is 2.25 bits per heavy atom. The minimum Gasteiger partial charge on any atom is -0.207 e. The number of alkyl halides is 3. The average molecular weight is 369 g/mol. The molecule has 0 aromatic heterocycles. The third kappa shape index (κ3) is 3.88. The van der Waals surface area contributed by atoms with E-state index in [1.54, 1.807) is 0 Å². The van der Waals surface area contributed by atoms with E-state index < -0.39 is 50.7 Å². The highest BCUT2D eigenvalue weighted by Gasteiger charge is 2.30. The molecule has 3 nitrogen and oxygen atoms in total. The van der Waals surface area contributed by atoms with Crippen molar-refractivity contribution in [1.82, 2.24) is 4.72 Å². The zero-order valence-corrected chi connectivity index (χ0v) is 12.5. The second-order valence-corrected chi connectivity index (χ2v) is 6.43. The highest BCUT2D eigenvalue weighted by atomic mass is 32.2. The summed E-state index contributed by atoms with van der Waals surface area (Å²) in [5.41, 5.74) is -1.03. The standard InChI is InChI=1S/C14H9F6NO2S/c15-10-4-5-11(13(17)12(10)16)24(22,23)21-7-8-2-1-3-9(6-8)14(18,19)20/h1-6,21H,7H2. The molecule has 0 saturated heterocycles. The largest absolute Gasteiger partial charge is 0.416 e. The van der Waals surface area contributed by atoms with Crippen molar-refractivity contribution in [3.05, 3.63) is 65.0 Å². The van der Waals surface area contributed by atoms with E-state index in [1.165, 1.54) is 6.07 Å². The first-order valence-corrected chi connectivity index (χ1v) is 7.80. The lowest BCUT2D eigenvalue weighted by Crippen LogP contribution is -2.25. The molecule has 2 aromatic rings. The van der Waals surface area contributed by atoms with Gasteiger partial charge >= 0.3 is 6.18 Å². The highest BCUT2D eigenvalue weighted by molar-refractivity contribution is 7.89. The van der Waals surface area contributed by atoms with Crippen LogP contribution in [0.5, 0.6) is 0 Å². The smallest absolute Gasteiger partial charge is 0.207 e. The first kappa shape index (κ1) is 18.3. The molecule has 0 heterocycles. The molecule has 0 saturated carbocycles. The summed E-state index contributed by atoms with van der Waals surface area (Å²) in [4.78, 5) is -1.15. The van der Waals surface area contributed by atoms with Crippen LogP contribution < -0.4 is 4.72 Å². The highest BCUT2D eigenvalue weighted by Crippen LogP contribution is 2.29. The Bertz CT molecular complexity index is 864. The Kier molecular flexibility index (Phi) is 4.90. The van der Waals surface area contributed by atoms with Crippen LogP contribution in [0.15, 0.2) is 41.3 Å². The summed E-state index contributed by atoms with van der Waals surface area (Å²) in [6.45, 7) is -0.593. The maximum Gasteiger partial charge on any atom is 0.416 e. The molecule has 130 valence electrons. The number of hydrogen-bond donors (Lipinski definition) is 1. The van der Waals surface area contributed by atoms with E-state index in [0.717, 1.165) is 12.1 Å². The van der Waals surface area contributed by atoms with Crippen molar-refractivity contribution < 1.29 is 34.8 Å². The fraction of sp³-hybridized carbons (Fsp3) is 0.143. The SMILES string of the molecule is O=S(=O)(NCc1cccc(C(F)(F)F)c1)c1ccc(F)c(F)c1F. The zero-order chi connectivity index (χ0) is 18.1. The molecule has 0 fully saturated rings. The van der Waals surface area contributed by atoms with Crippen molar-refractivity contribution in [2.24, 2.45) is 0 Å². The third-order valence-electron chi connectivity index (χ3n) is 3.01. The summed E-state index contributed by atoms with van der Waals surface area (Å²) < 4.78 is 103. The van der Waals surface area contributed by atoms with E-state index >= 15 is 0 Å². The number of sulfonamides is 1. The number of benzene rings is 2. The second-order valence-electron chi connectivity index (χ2n) is 4.70. The Hall–Kier alpha value is -2.07. The van der Waals surface area contributed by atoms with Crippen LogP contribution in [0.25, 0.3) is 0 Å². The van der Waals surface area contributed by atoms with Gasteiger partial charge in [-0.25, -0.2) is 26.3 Å². The minimum absolute atomic E-state index is 0.0450. The number of rotatable bonds is 4. The topological polar surface area (TPSA) is 46.2 Å². The lowest BCUT2D eigenvalue weighted by atomic mass is 10.1. The predicted molar refractivity (Wildman–Crippen MR) is 71.8 cm³/mol. The van der Waals surface area contributed by atoms with Gasteiger partial charge in [-0.05, 0) is 23.8 Å². The number of nitrogens with one attached hydrogen (secondary N) is 1. The summed E-state index contributed by atoms with van der Waals surface area (Å²) in [5.74, 6) is -5.44. The predicted octanol–water partition coefficient (Wildman–Crippen LogP) is 3.60. The Balaban J connectivity index is 2.24. The van der Waals surface area contributed by atoms with Gasteiger partial charge in [0, 0.05) is 6.54 Å². The van der Waals surface area contributed by atoms with Crippen LogP contribution in [0.3, 0.4) is 0 Å². The zero-order valence-electron chi connectivity index (χ0n) is 11.7. The molecule has 0 aliphatic heterocycles. The van der Waals surface area contributed by atoms with Gasteiger partial charge in [0.2, 0.25) is 10.0 Å². The van der Waals surface area contributed by atoms with Crippen molar-refractivity contribution in [3.8, 4) is 0 Å². The number of hydrogen-bond acceptors (Lipinski definition) is 2. The van der Waals surface area contributed by atoms with Crippen LogP contribution in [-0.4, -0.2) is 8.42 Å². The Morgan fingerprint density at radius 2 is 1.62 bits per heavy atom. The van der Waals surface area contributed by atoms with Crippen LogP contribution in [0.1, 0.15) is 11.1 Å². The first-order valence-electron chi connectivity index (χ1n) is 6.31. The average Bonchev–Trinajstić information content (AvgIpc) is 2.50. The molecular formula is C14H9F6NO2S. The van der Waals surface area contributed by atoms with Crippen LogP contribution in [0, 0.1) is 17.5 Å². The molecule has 0 radical (unpaired) electrons. The van der Waals surface area contributed by atoms with Crippen LogP contribution >= 0.6 is 0 Å². The molecule has 0 spiro atoms. The monoisotopic (exact) mass is 369 g/mol. The molecule has 2 aromatic carbocycles. The van der Waals surface area contributed by atoms with Gasteiger partial charge in [0.1, 0.15) is 4.90 Å². The molecule has 0 unspecified atom stereocenters. The number of halogens is 6. The first-order chi connectivity index (χ1) is 11.0. The third-order valence-corrected chi connectivity index (χ3v) is 4.43. The van der Waals surface area contributed by atoms with E-state index in [1.807, 2.05) is 4.72 Å². The molecule has 2 rings (SSSR count). The van der Waals surface area contributed by atoms with Gasteiger partial charge in [0.15, 0.2) is 17.5 Å². The van der Waals surface area contributed by atoms with Crippen molar-refractivity contribution >= 4 is 10.0 Å². The van der Waals surface area contributed by atoms with E-state index in [-0.39, 0.29) is 5.56 Å². The maximum atomic E-state index is 13.5. The Morgan fingerprint density at radius 1 is 0.958 bits per heavy atom. The molecule has 0 aliphatic carbocycles.